The Morgan fingerprint density at radius 2 is 1.97 bits per heavy atom. The summed E-state index contributed by atoms with van der Waals surface area (Å²) < 4.78 is 5.53. The molecule has 1 aliphatic heterocycles. The second-order valence-electron chi connectivity index (χ2n) is 8.03. The first-order chi connectivity index (χ1) is 15.3. The fraction of sp³-hybridized carbons (Fsp3) is 0.400. The van der Waals surface area contributed by atoms with Crippen molar-refractivity contribution in [2.24, 2.45) is 10.9 Å². The third-order valence-electron chi connectivity index (χ3n) is 5.93. The summed E-state index contributed by atoms with van der Waals surface area (Å²) >= 11 is 0. The molecular formula is C25H34IN5O. The molecule has 0 spiro atoms. The standard InChI is InChI=1S/C25H33N5O.HI/c1-3-26-25(27-14-12-20-17-28-22-9-5-4-8-21(20)22)29-16-19-13-15-30(18-19)23-10-6-7-11-24(23)31-2;/h4-11,17,19,28H,3,12-16,18H2,1-2H3,(H2,26,27,29);1H. The van der Waals surface area contributed by atoms with Gasteiger partial charge in [0.15, 0.2) is 5.96 Å². The highest BCUT2D eigenvalue weighted by Crippen LogP contribution is 2.32. The molecule has 1 aliphatic rings. The lowest BCUT2D eigenvalue weighted by Gasteiger charge is -2.21. The first-order valence-corrected chi connectivity index (χ1v) is 11.2. The summed E-state index contributed by atoms with van der Waals surface area (Å²) in [4.78, 5) is 10.6. The molecule has 4 rings (SSSR count). The third kappa shape index (κ3) is 5.88. The summed E-state index contributed by atoms with van der Waals surface area (Å²) in [6.07, 6.45) is 4.22. The van der Waals surface area contributed by atoms with Crippen molar-refractivity contribution in [3.63, 3.8) is 0 Å². The van der Waals surface area contributed by atoms with E-state index < -0.39 is 0 Å². The number of para-hydroxylation sites is 3. The molecule has 3 N–H and O–H groups in total. The second-order valence-corrected chi connectivity index (χ2v) is 8.03. The number of H-pyrrole nitrogens is 1. The molecule has 6 nitrogen and oxygen atoms in total. The van der Waals surface area contributed by atoms with Gasteiger partial charge < -0.3 is 25.3 Å². The first kappa shape index (κ1) is 24.2. The van der Waals surface area contributed by atoms with Crippen LogP contribution < -0.4 is 20.3 Å². The lowest BCUT2D eigenvalue weighted by molar-refractivity contribution is 0.414. The average Bonchev–Trinajstić information content (AvgIpc) is 3.45. The van der Waals surface area contributed by atoms with Crippen molar-refractivity contribution in [2.75, 3.05) is 44.7 Å². The number of aromatic nitrogens is 1. The molecule has 0 bridgehead atoms. The maximum absolute atomic E-state index is 5.53. The van der Waals surface area contributed by atoms with E-state index in [4.69, 9.17) is 9.73 Å². The van der Waals surface area contributed by atoms with E-state index in [1.165, 1.54) is 22.2 Å². The minimum atomic E-state index is 0. The van der Waals surface area contributed by atoms with Crippen LogP contribution in [0.4, 0.5) is 5.69 Å². The Labute approximate surface area is 207 Å². The van der Waals surface area contributed by atoms with E-state index in [0.717, 1.165) is 57.3 Å². The molecule has 1 saturated heterocycles. The van der Waals surface area contributed by atoms with Crippen LogP contribution in [-0.2, 0) is 6.42 Å². The number of guanidine groups is 1. The first-order valence-electron chi connectivity index (χ1n) is 11.2. The number of methoxy groups -OCH3 is 1. The number of ether oxygens (including phenoxy) is 1. The maximum atomic E-state index is 5.53. The molecule has 2 heterocycles. The molecule has 2 aromatic carbocycles. The number of nitrogens with zero attached hydrogens (tertiary/aromatic N) is 2. The van der Waals surface area contributed by atoms with Gasteiger partial charge in [-0.05, 0) is 49.4 Å². The zero-order valence-corrected chi connectivity index (χ0v) is 21.3. The fourth-order valence-corrected chi connectivity index (χ4v) is 4.31. The van der Waals surface area contributed by atoms with Crippen LogP contribution in [-0.4, -0.2) is 50.8 Å². The van der Waals surface area contributed by atoms with Crippen molar-refractivity contribution in [2.45, 2.75) is 19.8 Å². The maximum Gasteiger partial charge on any atom is 0.191 e. The van der Waals surface area contributed by atoms with Crippen molar-refractivity contribution < 1.29 is 4.74 Å². The lowest BCUT2D eigenvalue weighted by Crippen LogP contribution is -2.38. The zero-order chi connectivity index (χ0) is 21.5. The normalized spacial score (nSPS) is 16.1. The number of rotatable bonds is 8. The molecule has 1 atom stereocenters. The molecular weight excluding hydrogens is 513 g/mol. The predicted molar refractivity (Wildman–Crippen MR) is 145 cm³/mol. The van der Waals surface area contributed by atoms with Crippen molar-refractivity contribution in [3.05, 3.63) is 60.3 Å². The van der Waals surface area contributed by atoms with Crippen LogP contribution >= 0.6 is 24.0 Å². The predicted octanol–water partition coefficient (Wildman–Crippen LogP) is 4.42. The van der Waals surface area contributed by atoms with Crippen LogP contribution in [0, 0.1) is 5.92 Å². The van der Waals surface area contributed by atoms with E-state index >= 15 is 0 Å². The lowest BCUT2D eigenvalue weighted by atomic mass is 10.1. The van der Waals surface area contributed by atoms with E-state index in [1.54, 1.807) is 7.11 Å². The molecule has 0 radical (unpaired) electrons. The summed E-state index contributed by atoms with van der Waals surface area (Å²) in [5, 5.41) is 8.18. The summed E-state index contributed by atoms with van der Waals surface area (Å²) in [5.74, 6) is 2.39. The molecule has 3 aromatic rings. The third-order valence-corrected chi connectivity index (χ3v) is 5.93. The number of aliphatic imine (C=N–C) groups is 1. The highest BCUT2D eigenvalue weighted by molar-refractivity contribution is 14.0. The number of benzene rings is 2. The van der Waals surface area contributed by atoms with Gasteiger partial charge in [0.05, 0.1) is 12.8 Å². The van der Waals surface area contributed by atoms with Gasteiger partial charge >= 0.3 is 0 Å². The average molecular weight is 547 g/mol. The summed E-state index contributed by atoms with van der Waals surface area (Å²) in [7, 11) is 1.74. The van der Waals surface area contributed by atoms with Crippen LogP contribution in [0.1, 0.15) is 18.9 Å². The molecule has 32 heavy (non-hydrogen) atoms. The molecule has 1 unspecified atom stereocenters. The Hall–Kier alpha value is -2.42. The van der Waals surface area contributed by atoms with Crippen LogP contribution in [0.15, 0.2) is 59.7 Å². The number of hydrogen-bond donors (Lipinski definition) is 3. The van der Waals surface area contributed by atoms with Crippen LogP contribution in [0.25, 0.3) is 10.9 Å². The van der Waals surface area contributed by atoms with Crippen molar-refractivity contribution in [1.82, 2.24) is 15.6 Å². The zero-order valence-electron chi connectivity index (χ0n) is 18.9. The Morgan fingerprint density at radius 1 is 1.16 bits per heavy atom. The van der Waals surface area contributed by atoms with Gasteiger partial charge in [0.2, 0.25) is 0 Å². The molecule has 0 amide bonds. The number of nitrogens with one attached hydrogen (secondary N) is 3. The highest BCUT2D eigenvalue weighted by Gasteiger charge is 2.24. The minimum absolute atomic E-state index is 0. The number of aromatic amines is 1. The Morgan fingerprint density at radius 3 is 2.81 bits per heavy atom. The monoisotopic (exact) mass is 547 g/mol. The molecule has 0 saturated carbocycles. The number of halogens is 1. The van der Waals surface area contributed by atoms with Crippen molar-refractivity contribution in [3.8, 4) is 5.75 Å². The smallest absolute Gasteiger partial charge is 0.191 e. The van der Waals surface area contributed by atoms with Crippen molar-refractivity contribution >= 4 is 46.5 Å². The topological polar surface area (TPSA) is 64.7 Å². The van der Waals surface area contributed by atoms with E-state index in [2.05, 4.69) is 70.0 Å². The van der Waals surface area contributed by atoms with Gasteiger partial charge in [-0.3, -0.25) is 4.99 Å². The van der Waals surface area contributed by atoms with Gasteiger partial charge in [-0.15, -0.1) is 24.0 Å². The van der Waals surface area contributed by atoms with Gasteiger partial charge in [0.1, 0.15) is 5.75 Å². The molecule has 0 aliphatic carbocycles. The fourth-order valence-electron chi connectivity index (χ4n) is 4.31. The molecule has 1 aromatic heterocycles. The highest BCUT2D eigenvalue weighted by atomic mass is 127. The Kier molecular flexibility index (Phi) is 9.08. The van der Waals surface area contributed by atoms with Crippen LogP contribution in [0.3, 0.4) is 0 Å². The van der Waals surface area contributed by atoms with Gasteiger partial charge in [0.25, 0.3) is 0 Å². The van der Waals surface area contributed by atoms with Crippen LogP contribution in [0.5, 0.6) is 5.75 Å². The quantitative estimate of drug-likeness (QED) is 0.222. The summed E-state index contributed by atoms with van der Waals surface area (Å²) in [5.41, 5.74) is 3.71. The second kappa shape index (κ2) is 12.0. The Bertz CT molecular complexity index is 1020. The number of hydrogen-bond acceptors (Lipinski definition) is 3. The summed E-state index contributed by atoms with van der Waals surface area (Å²) in [6, 6.07) is 16.7. The van der Waals surface area contributed by atoms with Gasteiger partial charge in [-0.25, -0.2) is 0 Å². The SMILES string of the molecule is CCNC(=NCC1CCN(c2ccccc2OC)C1)NCCc1c[nH]c2ccccc12.I. The van der Waals surface area contributed by atoms with E-state index in [-0.39, 0.29) is 24.0 Å². The van der Waals surface area contributed by atoms with Gasteiger partial charge in [0, 0.05) is 49.8 Å². The summed E-state index contributed by atoms with van der Waals surface area (Å²) in [6.45, 7) is 6.70. The van der Waals surface area contributed by atoms with Crippen LogP contribution in [0.2, 0.25) is 0 Å². The number of fused-ring (bicyclic) bond motifs is 1. The minimum Gasteiger partial charge on any atom is -0.495 e. The molecule has 1 fully saturated rings. The molecule has 172 valence electrons. The van der Waals surface area contributed by atoms with Crippen molar-refractivity contribution in [1.29, 1.82) is 0 Å². The van der Waals surface area contributed by atoms with Gasteiger partial charge in [-0.1, -0.05) is 30.3 Å². The number of anilines is 1. The Balaban J connectivity index is 0.00000289. The van der Waals surface area contributed by atoms with Gasteiger partial charge in [-0.2, -0.15) is 0 Å². The largest absolute Gasteiger partial charge is 0.495 e. The van der Waals surface area contributed by atoms with E-state index in [1.807, 2.05) is 12.1 Å². The molecule has 7 heteroatoms. The van der Waals surface area contributed by atoms with E-state index in [9.17, 15) is 0 Å². The van der Waals surface area contributed by atoms with E-state index in [0.29, 0.717) is 5.92 Å².